The molecule has 154 valence electrons. The maximum Gasteiger partial charge on any atom is 0.242 e. The van der Waals surface area contributed by atoms with E-state index in [1.165, 1.54) is 6.42 Å². The van der Waals surface area contributed by atoms with Crippen molar-refractivity contribution in [3.05, 3.63) is 0 Å². The third kappa shape index (κ3) is 5.67. The zero-order chi connectivity index (χ0) is 20.1. The Morgan fingerprint density at radius 3 is 2.44 bits per heavy atom. The van der Waals surface area contributed by atoms with Crippen molar-refractivity contribution in [1.82, 2.24) is 10.2 Å². The normalized spacial score (nSPS) is 32.6. The summed E-state index contributed by atoms with van der Waals surface area (Å²) in [4.78, 5) is 27.3. The Hall–Kier alpha value is -1.14. The Balaban J connectivity index is 1.49. The number of carbonyl (C=O) groups is 2. The molecule has 1 aliphatic heterocycles. The van der Waals surface area contributed by atoms with Crippen molar-refractivity contribution in [2.45, 2.75) is 95.2 Å². The molecule has 2 amide bonds. The van der Waals surface area contributed by atoms with Crippen LogP contribution in [0.25, 0.3) is 0 Å². The van der Waals surface area contributed by atoms with E-state index in [0.29, 0.717) is 37.9 Å². The molecule has 1 heterocycles. The highest BCUT2D eigenvalue weighted by Crippen LogP contribution is 2.28. The Kier molecular flexibility index (Phi) is 7.02. The van der Waals surface area contributed by atoms with Crippen LogP contribution in [0.5, 0.6) is 0 Å². The van der Waals surface area contributed by atoms with Crippen LogP contribution in [0.3, 0.4) is 0 Å². The number of likely N-dealkylation sites (tertiary alicyclic amines) is 1. The third-order valence-electron chi connectivity index (χ3n) is 6.68. The quantitative estimate of drug-likeness (QED) is 0.656. The van der Waals surface area contributed by atoms with E-state index in [2.05, 4.69) is 5.32 Å². The van der Waals surface area contributed by atoms with Crippen LogP contribution in [-0.4, -0.2) is 47.9 Å². The average Bonchev–Trinajstić information content (AvgIpc) is 3.16. The number of nitrogens with one attached hydrogen (secondary N) is 1. The predicted molar refractivity (Wildman–Crippen MR) is 107 cm³/mol. The van der Waals surface area contributed by atoms with Crippen LogP contribution in [0.4, 0.5) is 0 Å². The molecular weight excluding hydrogens is 340 g/mol. The lowest BCUT2D eigenvalue weighted by Gasteiger charge is -2.30. The van der Waals surface area contributed by atoms with Gasteiger partial charge in [-0.1, -0.05) is 32.1 Å². The van der Waals surface area contributed by atoms with Crippen LogP contribution >= 0.6 is 0 Å². The minimum Gasteiger partial charge on any atom is -0.354 e. The number of carbonyl (C=O) groups excluding carboxylic acids is 2. The van der Waals surface area contributed by atoms with Crippen LogP contribution in [-0.2, 0) is 9.59 Å². The second-order valence-corrected chi connectivity index (χ2v) is 8.84. The average molecular weight is 380 g/mol. The molecule has 0 radical (unpaired) electrons. The van der Waals surface area contributed by atoms with E-state index in [9.17, 15) is 9.59 Å². The highest BCUT2D eigenvalue weighted by molar-refractivity contribution is 5.90. The van der Waals surface area contributed by atoms with Gasteiger partial charge in [-0.05, 0) is 56.8 Å². The molecule has 0 bridgehead atoms. The second kappa shape index (κ2) is 9.87. The zero-order valence-electron chi connectivity index (χ0n) is 17.6. The van der Waals surface area contributed by atoms with E-state index in [4.69, 9.17) is 12.8 Å². The maximum atomic E-state index is 12.9. The fourth-order valence-corrected chi connectivity index (χ4v) is 4.93. The minimum atomic E-state index is -0.677. The molecule has 3 rings (SSSR count). The Morgan fingerprint density at radius 2 is 1.74 bits per heavy atom. The van der Waals surface area contributed by atoms with Gasteiger partial charge in [0.05, 0.1) is 6.04 Å². The van der Waals surface area contributed by atoms with Gasteiger partial charge in [0, 0.05) is 20.5 Å². The summed E-state index contributed by atoms with van der Waals surface area (Å²) in [6.07, 6.45) is 11.0. The fourth-order valence-electron chi connectivity index (χ4n) is 4.93. The molecule has 1 saturated heterocycles. The van der Waals surface area contributed by atoms with Crippen LogP contribution in [0.2, 0.25) is 0 Å². The Morgan fingerprint density at radius 1 is 1.04 bits per heavy atom. The van der Waals surface area contributed by atoms with Crippen molar-refractivity contribution < 1.29 is 11.0 Å². The number of hydrogen-bond acceptors (Lipinski definition) is 4. The molecule has 2 atom stereocenters. The Labute approximate surface area is 165 Å². The number of nitrogens with zero attached hydrogens (tertiary/aromatic N) is 1. The highest BCUT2D eigenvalue weighted by atomic mass is 16.2. The van der Waals surface area contributed by atoms with E-state index in [-0.39, 0.29) is 11.8 Å². The predicted octanol–water partition coefficient (Wildman–Crippen LogP) is 1.91. The highest BCUT2D eigenvalue weighted by Gasteiger charge is 2.37. The first-order valence-electron chi connectivity index (χ1n) is 11.5. The van der Waals surface area contributed by atoms with Crippen LogP contribution in [0.1, 0.15) is 78.4 Å². The van der Waals surface area contributed by atoms with Crippen molar-refractivity contribution >= 4 is 11.8 Å². The first-order chi connectivity index (χ1) is 13.4. The lowest BCUT2D eigenvalue weighted by atomic mass is 9.84. The SMILES string of the molecule is [2H]C1(C[C@H](N)C(=O)N2CCC[C@H]2C(=O)NCC2CCC(N)CC2)CCCCC1. The summed E-state index contributed by atoms with van der Waals surface area (Å²) in [6.45, 7) is 1.26. The van der Waals surface area contributed by atoms with Crippen molar-refractivity contribution in [3.8, 4) is 0 Å². The summed E-state index contributed by atoms with van der Waals surface area (Å²) in [5, 5.41) is 3.07. The topological polar surface area (TPSA) is 101 Å². The number of rotatable bonds is 6. The number of hydrogen-bond donors (Lipinski definition) is 3. The first-order valence-corrected chi connectivity index (χ1v) is 11.0. The standard InChI is InChI=1S/C21H38N4O2/c22-17-10-8-16(9-11-17)14-24-20(26)19-7-4-12-25(19)21(27)18(23)13-15-5-2-1-3-6-15/h15-19H,1-14,22-23H2,(H,24,26)/t16?,17?,18-,19-/m0/s1/i15D. The summed E-state index contributed by atoms with van der Waals surface area (Å²) in [5.74, 6) is -0.289. The van der Waals surface area contributed by atoms with Gasteiger partial charge in [0.25, 0.3) is 0 Å². The molecule has 0 spiro atoms. The first kappa shape index (κ1) is 19.2. The van der Waals surface area contributed by atoms with Crippen LogP contribution in [0.15, 0.2) is 0 Å². The molecule has 3 aliphatic rings. The van der Waals surface area contributed by atoms with Crippen LogP contribution < -0.4 is 16.8 Å². The molecule has 0 unspecified atom stereocenters. The van der Waals surface area contributed by atoms with Gasteiger partial charge in [0.15, 0.2) is 0 Å². The molecule has 0 aromatic rings. The molecule has 3 fully saturated rings. The molecule has 2 aliphatic carbocycles. The molecule has 6 nitrogen and oxygen atoms in total. The molecular formula is C21H38N4O2. The molecule has 0 aromatic carbocycles. The lowest BCUT2D eigenvalue weighted by Crippen LogP contribution is -2.52. The summed E-state index contributed by atoms with van der Waals surface area (Å²) < 4.78 is 8.60. The van der Waals surface area contributed by atoms with Gasteiger partial charge < -0.3 is 21.7 Å². The third-order valence-corrected chi connectivity index (χ3v) is 6.68. The lowest BCUT2D eigenvalue weighted by molar-refractivity contribution is -0.139. The van der Waals surface area contributed by atoms with E-state index >= 15 is 0 Å². The van der Waals surface area contributed by atoms with Gasteiger partial charge in [-0.3, -0.25) is 9.59 Å². The van der Waals surface area contributed by atoms with Crippen molar-refractivity contribution in [3.63, 3.8) is 0 Å². The van der Waals surface area contributed by atoms with Gasteiger partial charge in [0.2, 0.25) is 11.8 Å². The van der Waals surface area contributed by atoms with Gasteiger partial charge >= 0.3 is 0 Å². The van der Waals surface area contributed by atoms with Crippen molar-refractivity contribution in [1.29, 1.82) is 0 Å². The molecule has 27 heavy (non-hydrogen) atoms. The number of nitrogens with two attached hydrogens (primary N) is 2. The van der Waals surface area contributed by atoms with Gasteiger partial charge in [-0.15, -0.1) is 0 Å². The Bertz CT molecular complexity index is 545. The smallest absolute Gasteiger partial charge is 0.242 e. The number of amides is 2. The monoisotopic (exact) mass is 379 g/mol. The van der Waals surface area contributed by atoms with Crippen molar-refractivity contribution in [2.75, 3.05) is 13.1 Å². The second-order valence-electron chi connectivity index (χ2n) is 8.84. The van der Waals surface area contributed by atoms with Crippen molar-refractivity contribution in [2.24, 2.45) is 23.3 Å². The summed E-state index contributed by atoms with van der Waals surface area (Å²) in [7, 11) is 0. The molecule has 6 heteroatoms. The van der Waals surface area contributed by atoms with Crippen LogP contribution in [0, 0.1) is 11.8 Å². The zero-order valence-corrected chi connectivity index (χ0v) is 16.6. The molecule has 5 N–H and O–H groups in total. The van der Waals surface area contributed by atoms with E-state index in [1.54, 1.807) is 4.90 Å². The van der Waals surface area contributed by atoms with Gasteiger partial charge in [-0.25, -0.2) is 0 Å². The summed E-state index contributed by atoms with van der Waals surface area (Å²) in [5.41, 5.74) is 12.2. The fraction of sp³-hybridized carbons (Fsp3) is 0.905. The van der Waals surface area contributed by atoms with E-state index < -0.39 is 18.0 Å². The van der Waals surface area contributed by atoms with E-state index in [1.807, 2.05) is 0 Å². The largest absolute Gasteiger partial charge is 0.354 e. The summed E-state index contributed by atoms with van der Waals surface area (Å²) in [6, 6.07) is -0.776. The van der Waals surface area contributed by atoms with Gasteiger partial charge in [-0.2, -0.15) is 0 Å². The minimum absolute atomic E-state index is 0.0498. The molecule has 2 saturated carbocycles. The molecule has 0 aromatic heterocycles. The summed E-state index contributed by atoms with van der Waals surface area (Å²) >= 11 is 0. The van der Waals surface area contributed by atoms with E-state index in [0.717, 1.165) is 57.8 Å². The maximum absolute atomic E-state index is 12.9. The van der Waals surface area contributed by atoms with Gasteiger partial charge in [0.1, 0.15) is 6.04 Å².